The van der Waals surface area contributed by atoms with Gasteiger partial charge in [-0.15, -0.1) is 0 Å². The molecule has 0 aromatic heterocycles. The van der Waals surface area contributed by atoms with Crippen LogP contribution in [-0.4, -0.2) is 92.3 Å². The Morgan fingerprint density at radius 2 is 1.76 bits per heavy atom. The highest BCUT2D eigenvalue weighted by molar-refractivity contribution is 6.08. The third kappa shape index (κ3) is 3.21. The smallest absolute Gasteiger partial charge is 0.252 e. The highest BCUT2D eigenvalue weighted by atomic mass is 16.5. The molecule has 6 rings (SSSR count). The maximum absolute atomic E-state index is 13.4. The molecule has 8 N–H and O–H groups in total. The molecule has 38 heavy (non-hydrogen) atoms. The van der Waals surface area contributed by atoms with E-state index in [-0.39, 0.29) is 49.7 Å². The van der Waals surface area contributed by atoms with Gasteiger partial charge in [0.25, 0.3) is 5.91 Å². The van der Waals surface area contributed by atoms with Crippen LogP contribution in [0.5, 0.6) is 0 Å². The summed E-state index contributed by atoms with van der Waals surface area (Å²) >= 11 is 0. The largest absolute Gasteiger partial charge is 0.361 e. The van der Waals surface area contributed by atoms with Crippen LogP contribution >= 0.6 is 0 Å². The number of likely N-dealkylation sites (tertiary alicyclic amines) is 1. The van der Waals surface area contributed by atoms with Crippen LogP contribution in [-0.2, 0) is 9.59 Å². The first-order valence-corrected chi connectivity index (χ1v) is 12.4. The van der Waals surface area contributed by atoms with Crippen molar-refractivity contribution in [3.05, 3.63) is 47.5 Å². The summed E-state index contributed by atoms with van der Waals surface area (Å²) < 4.78 is 0. The number of aliphatic hydroxyl groups is 2. The minimum atomic E-state index is -2.66. The minimum absolute atomic E-state index is 0.0954. The summed E-state index contributed by atoms with van der Waals surface area (Å²) in [5.41, 5.74) is -0.463. The number of amides is 3. The van der Waals surface area contributed by atoms with Gasteiger partial charge in [0.1, 0.15) is 6.04 Å². The van der Waals surface area contributed by atoms with Gasteiger partial charge in [-0.25, -0.2) is 0 Å². The van der Waals surface area contributed by atoms with E-state index in [0.29, 0.717) is 5.56 Å². The van der Waals surface area contributed by atoms with E-state index in [1.807, 2.05) is 31.2 Å². The summed E-state index contributed by atoms with van der Waals surface area (Å²) in [6.07, 6.45) is 0.191. The van der Waals surface area contributed by atoms with Gasteiger partial charge in [0.2, 0.25) is 17.6 Å². The standard InChI is InChI=1S/C25H28N8O5/c1-12-4-2-6-14-13(12)5-3-7-15(14)21(36)29-17-11-33-23(27)28-16(10-32-18(34)8-9-19(32)35)20-24(33,25(17,37)38)31-22(26)30-20/h2-7,16-17,20,37-38H,8-11H2,1H3,(H2,27,28)(H,29,36)(H3,26,30,31)/t16-,17?,20-,24?/m0/s1. The van der Waals surface area contributed by atoms with E-state index >= 15 is 0 Å². The average Bonchev–Trinajstić information content (AvgIpc) is 3.47. The summed E-state index contributed by atoms with van der Waals surface area (Å²) in [4.78, 5) is 40.4. The number of rotatable bonds is 4. The van der Waals surface area contributed by atoms with Gasteiger partial charge in [-0.05, 0) is 29.3 Å². The summed E-state index contributed by atoms with van der Waals surface area (Å²) in [5, 5.41) is 53.0. The monoisotopic (exact) mass is 520 g/mol. The van der Waals surface area contributed by atoms with Crippen molar-refractivity contribution in [2.75, 3.05) is 13.1 Å². The summed E-state index contributed by atoms with van der Waals surface area (Å²) in [7, 11) is 0. The number of carbonyl (C=O) groups excluding carboxylic acids is 3. The van der Waals surface area contributed by atoms with Crippen LogP contribution in [0.3, 0.4) is 0 Å². The van der Waals surface area contributed by atoms with Crippen molar-refractivity contribution in [2.45, 2.75) is 49.3 Å². The van der Waals surface area contributed by atoms with Crippen molar-refractivity contribution in [1.82, 2.24) is 31.1 Å². The normalized spacial score (nSPS) is 29.6. The number of aryl methyl sites for hydroxylation is 1. The topological polar surface area (TPSA) is 194 Å². The van der Waals surface area contributed by atoms with E-state index in [1.165, 1.54) is 4.90 Å². The van der Waals surface area contributed by atoms with Gasteiger partial charge in [-0.2, -0.15) is 0 Å². The lowest BCUT2D eigenvalue weighted by Gasteiger charge is -2.51. The second-order valence-electron chi connectivity index (χ2n) is 10.2. The molecule has 4 aliphatic rings. The zero-order valence-corrected chi connectivity index (χ0v) is 20.5. The zero-order valence-electron chi connectivity index (χ0n) is 20.5. The van der Waals surface area contributed by atoms with Crippen LogP contribution in [0.15, 0.2) is 36.4 Å². The number of nitrogens with zero attached hydrogens (tertiary/aromatic N) is 2. The summed E-state index contributed by atoms with van der Waals surface area (Å²) in [5.74, 6) is -4.28. The van der Waals surface area contributed by atoms with Gasteiger partial charge in [0.05, 0.1) is 18.6 Å². The Morgan fingerprint density at radius 3 is 2.50 bits per heavy atom. The SMILES string of the molecule is Cc1cccc2c(C(=O)NC3CN4C(=N)N[C@@H](CN5C(=O)CCC5=O)[C@@H]5NC(=N)NC54C3(O)O)cccc12. The number of carbonyl (C=O) groups is 3. The minimum Gasteiger partial charge on any atom is -0.361 e. The third-order valence-electron chi connectivity index (χ3n) is 8.12. The van der Waals surface area contributed by atoms with E-state index in [0.717, 1.165) is 21.2 Å². The molecule has 2 aromatic rings. The molecule has 4 aliphatic heterocycles. The quantitative estimate of drug-likeness (QED) is 0.175. The summed E-state index contributed by atoms with van der Waals surface area (Å²) in [6, 6.07) is 7.93. The lowest BCUT2D eigenvalue weighted by molar-refractivity contribution is -0.232. The number of nitrogens with one attached hydrogen (secondary N) is 6. The lowest BCUT2D eigenvalue weighted by Crippen LogP contribution is -2.81. The maximum Gasteiger partial charge on any atom is 0.252 e. The molecule has 13 nitrogen and oxygen atoms in total. The van der Waals surface area contributed by atoms with Gasteiger partial charge in [-0.3, -0.25) is 30.1 Å². The van der Waals surface area contributed by atoms with Gasteiger partial charge in [0.15, 0.2) is 17.6 Å². The van der Waals surface area contributed by atoms with Crippen molar-refractivity contribution in [2.24, 2.45) is 0 Å². The van der Waals surface area contributed by atoms with Gasteiger partial charge in [0, 0.05) is 24.9 Å². The first-order chi connectivity index (χ1) is 18.0. The molecule has 0 aliphatic carbocycles. The van der Waals surface area contributed by atoms with Gasteiger partial charge < -0.3 is 36.4 Å². The predicted molar refractivity (Wildman–Crippen MR) is 135 cm³/mol. The van der Waals surface area contributed by atoms with Crippen LogP contribution in [0.4, 0.5) is 0 Å². The van der Waals surface area contributed by atoms with Crippen molar-refractivity contribution < 1.29 is 24.6 Å². The van der Waals surface area contributed by atoms with Crippen LogP contribution in [0.1, 0.15) is 28.8 Å². The fourth-order valence-electron chi connectivity index (χ4n) is 6.26. The lowest BCUT2D eigenvalue weighted by atomic mass is 9.84. The van der Waals surface area contributed by atoms with E-state index in [4.69, 9.17) is 10.8 Å². The molecule has 0 saturated carbocycles. The first kappa shape index (κ1) is 24.1. The highest BCUT2D eigenvalue weighted by Gasteiger charge is 2.74. The Balaban J connectivity index is 1.33. The molecule has 4 heterocycles. The van der Waals surface area contributed by atoms with Crippen molar-refractivity contribution in [1.29, 1.82) is 10.8 Å². The number of benzene rings is 2. The molecule has 1 spiro atoms. The maximum atomic E-state index is 13.4. The van der Waals surface area contributed by atoms with Crippen LogP contribution in [0.2, 0.25) is 0 Å². The van der Waals surface area contributed by atoms with Gasteiger partial charge >= 0.3 is 0 Å². The zero-order chi connectivity index (χ0) is 27.0. The summed E-state index contributed by atoms with van der Waals surface area (Å²) in [6.45, 7) is 1.67. The van der Waals surface area contributed by atoms with Crippen LogP contribution < -0.4 is 21.3 Å². The molecule has 4 atom stereocenters. The molecule has 13 heteroatoms. The highest BCUT2D eigenvalue weighted by Crippen LogP contribution is 2.43. The number of hydrogen-bond acceptors (Lipinski definition) is 7. The van der Waals surface area contributed by atoms with Crippen molar-refractivity contribution in [3.63, 3.8) is 0 Å². The average molecular weight is 521 g/mol. The molecule has 4 fully saturated rings. The molecule has 3 amide bonds. The Kier molecular flexibility index (Phi) is 5.16. The third-order valence-corrected chi connectivity index (χ3v) is 8.12. The second-order valence-corrected chi connectivity index (χ2v) is 10.2. The Morgan fingerprint density at radius 1 is 1.08 bits per heavy atom. The van der Waals surface area contributed by atoms with Crippen molar-refractivity contribution >= 4 is 40.4 Å². The number of imide groups is 1. The second kappa shape index (κ2) is 8.13. The molecular formula is C25H28N8O5. The van der Waals surface area contributed by atoms with Gasteiger partial charge in [-0.1, -0.05) is 30.3 Å². The number of hydrogen-bond donors (Lipinski definition) is 8. The first-order valence-electron chi connectivity index (χ1n) is 12.4. The molecule has 198 valence electrons. The van der Waals surface area contributed by atoms with E-state index < -0.39 is 35.5 Å². The Hall–Kier alpha value is -4.23. The fraction of sp³-hybridized carbons (Fsp3) is 0.400. The van der Waals surface area contributed by atoms with E-state index in [1.54, 1.807) is 12.1 Å². The molecule has 0 radical (unpaired) electrons. The Labute approximate surface area is 217 Å². The fourth-order valence-corrected chi connectivity index (χ4v) is 6.26. The number of guanidine groups is 2. The molecule has 0 bridgehead atoms. The van der Waals surface area contributed by atoms with E-state index in [9.17, 15) is 24.6 Å². The predicted octanol–water partition coefficient (Wildman–Crippen LogP) is -1.51. The van der Waals surface area contributed by atoms with Crippen LogP contribution in [0.25, 0.3) is 10.8 Å². The molecule has 2 unspecified atom stereocenters. The van der Waals surface area contributed by atoms with E-state index in [2.05, 4.69) is 21.3 Å². The molecular weight excluding hydrogens is 492 g/mol. The van der Waals surface area contributed by atoms with Crippen molar-refractivity contribution in [3.8, 4) is 0 Å². The number of fused-ring (bicyclic) bond motifs is 1. The Bertz CT molecular complexity index is 1410. The molecule has 4 saturated heterocycles. The van der Waals surface area contributed by atoms with Crippen LogP contribution in [0, 0.1) is 17.7 Å². The molecule has 2 aromatic carbocycles.